The number of methoxy groups -OCH3 is 2. The van der Waals surface area contributed by atoms with E-state index in [2.05, 4.69) is 9.97 Å². The van der Waals surface area contributed by atoms with E-state index >= 15 is 0 Å². The first kappa shape index (κ1) is 26.4. The second-order valence-electron chi connectivity index (χ2n) is 8.27. The van der Waals surface area contributed by atoms with Gasteiger partial charge in [0.1, 0.15) is 16.7 Å². The van der Waals surface area contributed by atoms with E-state index in [4.69, 9.17) is 21.1 Å². The molecule has 0 amide bonds. The van der Waals surface area contributed by atoms with Crippen LogP contribution in [0.25, 0.3) is 22.3 Å². The number of pyridine rings is 3. The van der Waals surface area contributed by atoms with Crippen LogP contribution in [0.3, 0.4) is 0 Å². The number of halogens is 1. The highest BCUT2D eigenvalue weighted by atomic mass is 35.5. The molecule has 8 heteroatoms. The summed E-state index contributed by atoms with van der Waals surface area (Å²) in [5, 5.41) is 0.438. The summed E-state index contributed by atoms with van der Waals surface area (Å²) in [6.07, 6.45) is 5.22. The van der Waals surface area contributed by atoms with E-state index in [0.717, 1.165) is 39.3 Å². The van der Waals surface area contributed by atoms with Crippen molar-refractivity contribution in [3.05, 3.63) is 135 Å². The van der Waals surface area contributed by atoms with Crippen molar-refractivity contribution < 1.29 is 9.47 Å². The zero-order chi connectivity index (χ0) is 26.9. The molecule has 1 N–H and O–H groups in total. The van der Waals surface area contributed by atoms with Crippen LogP contribution in [-0.2, 0) is 6.54 Å². The summed E-state index contributed by atoms with van der Waals surface area (Å²) in [7, 11) is 3.27. The lowest BCUT2D eigenvalue weighted by atomic mass is 10.1. The Hall–Kier alpha value is -4.62. The van der Waals surface area contributed by atoms with Gasteiger partial charge in [-0.25, -0.2) is 4.98 Å². The minimum atomic E-state index is -0.0905. The molecule has 0 aliphatic carbocycles. The van der Waals surface area contributed by atoms with E-state index in [0.29, 0.717) is 11.7 Å². The van der Waals surface area contributed by atoms with Crippen molar-refractivity contribution in [2.75, 3.05) is 14.2 Å². The first-order valence-corrected chi connectivity index (χ1v) is 12.1. The van der Waals surface area contributed by atoms with Crippen molar-refractivity contribution in [1.29, 1.82) is 0 Å². The number of nitrogens with one attached hydrogen (secondary N) is 1. The molecule has 192 valence electrons. The standard InChI is InChI=1S/C18H15ClN2O2.C12H11NO2/c1-23-16-6-3-14(4-7-16)15-5-9-18(22)21(12-15)11-13-2-8-17(19)20-10-13;1-15-11-5-2-9(3-6-11)10-4-7-12(14)13-8-10/h2-10,12H,11H2,1H3;2-8H,1H3,(H,13,14). The van der Waals surface area contributed by atoms with Gasteiger partial charge >= 0.3 is 0 Å². The molecule has 0 spiro atoms. The maximum absolute atomic E-state index is 12.1. The van der Waals surface area contributed by atoms with Crippen LogP contribution in [0, 0.1) is 0 Å². The number of aromatic amines is 1. The van der Waals surface area contributed by atoms with Gasteiger partial charge in [0.15, 0.2) is 0 Å². The van der Waals surface area contributed by atoms with Crippen LogP contribution in [0.1, 0.15) is 5.56 Å². The van der Waals surface area contributed by atoms with E-state index in [1.807, 2.05) is 66.9 Å². The molecule has 3 heterocycles. The lowest BCUT2D eigenvalue weighted by Crippen LogP contribution is -2.19. The molecule has 5 rings (SSSR count). The zero-order valence-corrected chi connectivity index (χ0v) is 21.7. The van der Waals surface area contributed by atoms with E-state index in [1.165, 1.54) is 6.07 Å². The third kappa shape index (κ3) is 6.99. The predicted molar refractivity (Wildman–Crippen MR) is 150 cm³/mol. The number of aromatic nitrogens is 3. The summed E-state index contributed by atoms with van der Waals surface area (Å²) < 4.78 is 11.9. The van der Waals surface area contributed by atoms with Gasteiger partial charge in [0.25, 0.3) is 5.56 Å². The molecule has 3 aromatic heterocycles. The van der Waals surface area contributed by atoms with Crippen molar-refractivity contribution in [1.82, 2.24) is 14.5 Å². The average molecular weight is 528 g/mol. The molecule has 0 aliphatic heterocycles. The second kappa shape index (κ2) is 12.6. The molecule has 0 saturated heterocycles. The van der Waals surface area contributed by atoms with E-state index in [9.17, 15) is 9.59 Å². The van der Waals surface area contributed by atoms with E-state index in [1.54, 1.807) is 49.4 Å². The number of H-pyrrole nitrogens is 1. The number of nitrogens with zero attached hydrogens (tertiary/aromatic N) is 2. The molecule has 0 fully saturated rings. The summed E-state index contributed by atoms with van der Waals surface area (Å²) >= 11 is 5.79. The molecular formula is C30H26ClN3O4. The van der Waals surface area contributed by atoms with Crippen LogP contribution in [0.2, 0.25) is 5.15 Å². The number of rotatable bonds is 6. The Bertz CT molecular complexity index is 1570. The fraction of sp³-hybridized carbons (Fsp3) is 0.100. The van der Waals surface area contributed by atoms with Crippen molar-refractivity contribution in [2.45, 2.75) is 6.54 Å². The minimum Gasteiger partial charge on any atom is -0.497 e. The molecule has 7 nitrogen and oxygen atoms in total. The Morgan fingerprint density at radius 1 is 0.737 bits per heavy atom. The smallest absolute Gasteiger partial charge is 0.250 e. The molecule has 5 aromatic rings. The Balaban J connectivity index is 0.000000194. The van der Waals surface area contributed by atoms with Crippen LogP contribution in [0.15, 0.2) is 113 Å². The highest BCUT2D eigenvalue weighted by Crippen LogP contribution is 2.22. The van der Waals surface area contributed by atoms with Gasteiger partial charge in [-0.15, -0.1) is 0 Å². The highest BCUT2D eigenvalue weighted by Gasteiger charge is 2.04. The second-order valence-corrected chi connectivity index (χ2v) is 8.66. The SMILES string of the molecule is COc1ccc(-c2ccc(=O)[nH]c2)cc1.COc1ccc(-c2ccc(=O)n(Cc3ccc(Cl)nc3)c2)cc1. The zero-order valence-electron chi connectivity index (χ0n) is 20.9. The summed E-state index contributed by atoms with van der Waals surface area (Å²) in [4.78, 5) is 29.6. The molecule has 2 aromatic carbocycles. The van der Waals surface area contributed by atoms with Gasteiger partial charge in [-0.1, -0.05) is 41.9 Å². The van der Waals surface area contributed by atoms with E-state index < -0.39 is 0 Å². The summed E-state index contributed by atoms with van der Waals surface area (Å²) in [5.41, 5.74) is 4.79. The normalized spacial score (nSPS) is 10.3. The van der Waals surface area contributed by atoms with Gasteiger partial charge in [0, 0.05) is 30.7 Å². The van der Waals surface area contributed by atoms with Gasteiger partial charge in [-0.2, -0.15) is 0 Å². The maximum atomic E-state index is 12.1. The monoisotopic (exact) mass is 527 g/mol. The Morgan fingerprint density at radius 3 is 1.84 bits per heavy atom. The Labute approximate surface area is 224 Å². The van der Waals surface area contributed by atoms with Crippen LogP contribution in [0.4, 0.5) is 0 Å². The molecule has 0 aliphatic rings. The number of hydrogen-bond donors (Lipinski definition) is 1. The summed E-state index contributed by atoms with van der Waals surface area (Å²) in [6.45, 7) is 0.451. The van der Waals surface area contributed by atoms with Gasteiger partial charge in [0.05, 0.1) is 20.8 Å². The van der Waals surface area contributed by atoms with Gasteiger partial charge in [0.2, 0.25) is 5.56 Å². The third-order valence-corrected chi connectivity index (χ3v) is 5.98. The number of ether oxygens (including phenoxy) is 2. The molecule has 0 saturated carbocycles. The highest BCUT2D eigenvalue weighted by molar-refractivity contribution is 6.29. The number of benzene rings is 2. The Morgan fingerprint density at radius 2 is 1.32 bits per heavy atom. The molecular weight excluding hydrogens is 502 g/mol. The maximum Gasteiger partial charge on any atom is 0.250 e. The third-order valence-electron chi connectivity index (χ3n) is 5.76. The molecule has 38 heavy (non-hydrogen) atoms. The van der Waals surface area contributed by atoms with Crippen LogP contribution >= 0.6 is 11.6 Å². The fourth-order valence-corrected chi connectivity index (χ4v) is 3.79. The van der Waals surface area contributed by atoms with Gasteiger partial charge < -0.3 is 19.0 Å². The topological polar surface area (TPSA) is 86.2 Å². The lowest BCUT2D eigenvalue weighted by Gasteiger charge is -2.09. The van der Waals surface area contributed by atoms with Gasteiger partial charge in [-0.05, 0) is 70.3 Å². The number of hydrogen-bond acceptors (Lipinski definition) is 5. The quantitative estimate of drug-likeness (QED) is 0.287. The molecule has 0 radical (unpaired) electrons. The molecule has 0 atom stereocenters. The largest absolute Gasteiger partial charge is 0.497 e. The van der Waals surface area contributed by atoms with Gasteiger partial charge in [-0.3, -0.25) is 9.59 Å². The van der Waals surface area contributed by atoms with Crippen LogP contribution < -0.4 is 20.6 Å². The lowest BCUT2D eigenvalue weighted by molar-refractivity contribution is 0.415. The molecule has 0 bridgehead atoms. The van der Waals surface area contributed by atoms with Crippen LogP contribution in [-0.4, -0.2) is 28.8 Å². The Kier molecular flexibility index (Phi) is 8.74. The van der Waals surface area contributed by atoms with E-state index in [-0.39, 0.29) is 11.1 Å². The first-order chi connectivity index (χ1) is 18.4. The minimum absolute atomic E-state index is 0.0581. The van der Waals surface area contributed by atoms with Crippen LogP contribution in [0.5, 0.6) is 11.5 Å². The van der Waals surface area contributed by atoms with Crippen molar-refractivity contribution >= 4 is 11.6 Å². The average Bonchev–Trinajstić information content (AvgIpc) is 2.96. The van der Waals surface area contributed by atoms with Crippen molar-refractivity contribution in [2.24, 2.45) is 0 Å². The fourth-order valence-electron chi connectivity index (χ4n) is 3.68. The first-order valence-electron chi connectivity index (χ1n) is 11.7. The van der Waals surface area contributed by atoms with Crippen molar-refractivity contribution in [3.63, 3.8) is 0 Å². The summed E-state index contributed by atoms with van der Waals surface area (Å²) in [6, 6.07) is 25.7. The molecule has 0 unspecified atom stereocenters. The van der Waals surface area contributed by atoms with Crippen molar-refractivity contribution in [3.8, 4) is 33.8 Å². The summed E-state index contributed by atoms with van der Waals surface area (Å²) in [5.74, 6) is 1.62. The predicted octanol–water partition coefficient (Wildman–Crippen LogP) is 5.67.